The van der Waals surface area contributed by atoms with Crippen LogP contribution in [0.25, 0.3) is 5.65 Å². The first kappa shape index (κ1) is 12.3. The van der Waals surface area contributed by atoms with Gasteiger partial charge in [-0.15, -0.1) is 14.8 Å². The van der Waals surface area contributed by atoms with Crippen LogP contribution in [0, 0.1) is 0 Å². The number of aromatic nitrogens is 5. The molecule has 1 aromatic carbocycles. The summed E-state index contributed by atoms with van der Waals surface area (Å²) in [7, 11) is 3.63. The standard InChI is InChI=1S/C13H14N6O/c1-18(9-10-5-3-4-6-11(10)20-2)13-8-7-12-14-16-17-19(12)15-13/h3-8H,9H2,1-2H3. The predicted octanol–water partition coefficient (Wildman–Crippen LogP) is 1.16. The van der Waals surface area contributed by atoms with E-state index in [-0.39, 0.29) is 0 Å². The van der Waals surface area contributed by atoms with Gasteiger partial charge in [0.1, 0.15) is 5.75 Å². The summed E-state index contributed by atoms with van der Waals surface area (Å²) in [6.45, 7) is 0.685. The van der Waals surface area contributed by atoms with Gasteiger partial charge in [-0.3, -0.25) is 0 Å². The largest absolute Gasteiger partial charge is 0.496 e. The number of methoxy groups -OCH3 is 1. The molecule has 0 bridgehead atoms. The SMILES string of the molecule is COc1ccccc1CN(C)c1ccc2nnnn2n1. The summed E-state index contributed by atoms with van der Waals surface area (Å²) in [5.41, 5.74) is 1.72. The molecule has 7 heteroatoms. The molecule has 0 N–H and O–H groups in total. The van der Waals surface area contributed by atoms with Crippen molar-refractivity contribution in [3.8, 4) is 5.75 Å². The molecule has 0 aliphatic heterocycles. The van der Waals surface area contributed by atoms with E-state index < -0.39 is 0 Å². The van der Waals surface area contributed by atoms with Crippen LogP contribution < -0.4 is 9.64 Å². The van der Waals surface area contributed by atoms with Gasteiger partial charge in [0, 0.05) is 19.2 Å². The minimum atomic E-state index is 0.624. The van der Waals surface area contributed by atoms with E-state index in [0.717, 1.165) is 17.1 Å². The summed E-state index contributed by atoms with van der Waals surface area (Å²) in [5.74, 6) is 1.65. The highest BCUT2D eigenvalue weighted by molar-refractivity contribution is 5.45. The summed E-state index contributed by atoms with van der Waals surface area (Å²) in [6.07, 6.45) is 0. The number of ether oxygens (including phenoxy) is 1. The third-order valence-electron chi connectivity index (χ3n) is 3.05. The molecule has 3 rings (SSSR count). The van der Waals surface area contributed by atoms with Gasteiger partial charge >= 0.3 is 0 Å². The molecule has 0 saturated carbocycles. The van der Waals surface area contributed by atoms with E-state index in [0.29, 0.717) is 12.2 Å². The van der Waals surface area contributed by atoms with Crippen LogP contribution in [0.5, 0.6) is 5.75 Å². The number of fused-ring (bicyclic) bond motifs is 1. The van der Waals surface area contributed by atoms with Gasteiger partial charge in [0.25, 0.3) is 0 Å². The quantitative estimate of drug-likeness (QED) is 0.708. The van der Waals surface area contributed by atoms with Gasteiger partial charge in [0.15, 0.2) is 11.5 Å². The fraction of sp³-hybridized carbons (Fsp3) is 0.231. The molecule has 0 fully saturated rings. The third-order valence-corrected chi connectivity index (χ3v) is 3.05. The predicted molar refractivity (Wildman–Crippen MR) is 73.7 cm³/mol. The second kappa shape index (κ2) is 5.12. The number of hydrogen-bond donors (Lipinski definition) is 0. The molecule has 0 aliphatic carbocycles. The zero-order chi connectivity index (χ0) is 13.9. The zero-order valence-electron chi connectivity index (χ0n) is 11.3. The number of anilines is 1. The Kier molecular flexibility index (Phi) is 3.16. The Morgan fingerprint density at radius 3 is 2.90 bits per heavy atom. The number of nitrogens with zero attached hydrogens (tertiary/aromatic N) is 6. The first-order chi connectivity index (χ1) is 9.78. The highest BCUT2D eigenvalue weighted by Crippen LogP contribution is 2.20. The van der Waals surface area contributed by atoms with Crippen LogP contribution in [0.4, 0.5) is 5.82 Å². The summed E-state index contributed by atoms with van der Waals surface area (Å²) in [4.78, 5) is 2.01. The van der Waals surface area contributed by atoms with Crippen LogP contribution in [-0.2, 0) is 6.54 Å². The molecular weight excluding hydrogens is 256 g/mol. The summed E-state index contributed by atoms with van der Waals surface area (Å²) < 4.78 is 6.77. The molecule has 0 aliphatic rings. The van der Waals surface area contributed by atoms with Gasteiger partial charge in [-0.05, 0) is 28.6 Å². The van der Waals surface area contributed by atoms with Crippen molar-refractivity contribution in [1.29, 1.82) is 0 Å². The number of tetrazole rings is 1. The van der Waals surface area contributed by atoms with E-state index in [1.807, 2.05) is 48.3 Å². The van der Waals surface area contributed by atoms with Crippen molar-refractivity contribution >= 4 is 11.5 Å². The fourth-order valence-electron chi connectivity index (χ4n) is 2.01. The molecule has 2 heterocycles. The van der Waals surface area contributed by atoms with Crippen molar-refractivity contribution in [1.82, 2.24) is 25.3 Å². The lowest BCUT2D eigenvalue weighted by Gasteiger charge is -2.19. The van der Waals surface area contributed by atoms with Crippen molar-refractivity contribution in [2.75, 3.05) is 19.1 Å². The van der Waals surface area contributed by atoms with Crippen LogP contribution >= 0.6 is 0 Å². The van der Waals surface area contributed by atoms with Crippen molar-refractivity contribution in [2.45, 2.75) is 6.54 Å². The van der Waals surface area contributed by atoms with Crippen molar-refractivity contribution in [2.24, 2.45) is 0 Å². The molecule has 0 amide bonds. The van der Waals surface area contributed by atoms with Crippen LogP contribution in [0.2, 0.25) is 0 Å². The van der Waals surface area contributed by atoms with Crippen LogP contribution in [-0.4, -0.2) is 39.4 Å². The Labute approximate surface area is 115 Å². The molecule has 3 aromatic rings. The lowest BCUT2D eigenvalue weighted by molar-refractivity contribution is 0.409. The van der Waals surface area contributed by atoms with Gasteiger partial charge in [-0.2, -0.15) is 0 Å². The number of rotatable bonds is 4. The molecule has 0 atom stereocenters. The lowest BCUT2D eigenvalue weighted by Crippen LogP contribution is -2.19. The van der Waals surface area contributed by atoms with E-state index >= 15 is 0 Å². The second-order valence-electron chi connectivity index (χ2n) is 4.39. The fourth-order valence-corrected chi connectivity index (χ4v) is 2.01. The first-order valence-electron chi connectivity index (χ1n) is 6.16. The van der Waals surface area contributed by atoms with Crippen LogP contribution in [0.3, 0.4) is 0 Å². The third kappa shape index (κ3) is 2.25. The van der Waals surface area contributed by atoms with E-state index in [1.54, 1.807) is 7.11 Å². The number of para-hydroxylation sites is 1. The lowest BCUT2D eigenvalue weighted by atomic mass is 10.2. The molecule has 0 spiro atoms. The molecule has 0 unspecified atom stereocenters. The minimum absolute atomic E-state index is 0.624. The van der Waals surface area contributed by atoms with Gasteiger partial charge in [0.05, 0.1) is 7.11 Å². The Bertz CT molecular complexity index is 725. The normalized spacial score (nSPS) is 10.7. The summed E-state index contributed by atoms with van der Waals surface area (Å²) in [6, 6.07) is 11.6. The van der Waals surface area contributed by atoms with E-state index in [1.165, 1.54) is 4.63 Å². The molecule has 0 saturated heterocycles. The van der Waals surface area contributed by atoms with E-state index in [2.05, 4.69) is 20.6 Å². The Morgan fingerprint density at radius 2 is 2.05 bits per heavy atom. The number of benzene rings is 1. The van der Waals surface area contributed by atoms with Gasteiger partial charge < -0.3 is 9.64 Å². The van der Waals surface area contributed by atoms with Crippen LogP contribution in [0.15, 0.2) is 36.4 Å². The highest BCUT2D eigenvalue weighted by atomic mass is 16.5. The Balaban J connectivity index is 1.86. The maximum absolute atomic E-state index is 5.36. The van der Waals surface area contributed by atoms with Gasteiger partial charge in [0.2, 0.25) is 0 Å². The van der Waals surface area contributed by atoms with E-state index in [9.17, 15) is 0 Å². The molecule has 7 nitrogen and oxygen atoms in total. The molecule has 2 aromatic heterocycles. The van der Waals surface area contributed by atoms with Crippen LogP contribution in [0.1, 0.15) is 5.56 Å². The average Bonchev–Trinajstić information content (AvgIpc) is 2.95. The monoisotopic (exact) mass is 270 g/mol. The first-order valence-corrected chi connectivity index (χ1v) is 6.16. The Morgan fingerprint density at radius 1 is 1.20 bits per heavy atom. The summed E-state index contributed by atoms with van der Waals surface area (Å²) in [5, 5.41) is 15.6. The number of hydrogen-bond acceptors (Lipinski definition) is 6. The highest BCUT2D eigenvalue weighted by Gasteiger charge is 2.09. The maximum atomic E-state index is 5.36. The maximum Gasteiger partial charge on any atom is 0.200 e. The average molecular weight is 270 g/mol. The topological polar surface area (TPSA) is 68.4 Å². The van der Waals surface area contributed by atoms with Gasteiger partial charge in [-0.1, -0.05) is 18.2 Å². The molecule has 102 valence electrons. The summed E-state index contributed by atoms with van der Waals surface area (Å²) >= 11 is 0. The minimum Gasteiger partial charge on any atom is -0.496 e. The molecule has 0 radical (unpaired) electrons. The van der Waals surface area contributed by atoms with Crippen molar-refractivity contribution in [3.63, 3.8) is 0 Å². The Hall–Kier alpha value is -2.70. The van der Waals surface area contributed by atoms with E-state index in [4.69, 9.17) is 4.74 Å². The van der Waals surface area contributed by atoms with Crippen molar-refractivity contribution < 1.29 is 4.74 Å². The smallest absolute Gasteiger partial charge is 0.200 e. The van der Waals surface area contributed by atoms with Gasteiger partial charge in [-0.25, -0.2) is 0 Å². The van der Waals surface area contributed by atoms with Crippen molar-refractivity contribution in [3.05, 3.63) is 42.0 Å². The second-order valence-corrected chi connectivity index (χ2v) is 4.39. The zero-order valence-corrected chi connectivity index (χ0v) is 11.3. The molecular formula is C13H14N6O. The molecule has 20 heavy (non-hydrogen) atoms.